The molecule has 0 aliphatic rings. The van der Waals surface area contributed by atoms with Gasteiger partial charge in [-0.25, -0.2) is 0 Å². The average Bonchev–Trinajstić information content (AvgIpc) is 1.84. The molecular weight excluding hydrogens is 112 g/mol. The fraction of sp³-hybridized carbons (Fsp3) is 0.714. The molecule has 0 aliphatic heterocycles. The Bertz CT molecular complexity index is 105. The van der Waals surface area contributed by atoms with Gasteiger partial charge in [0.2, 0.25) is 0 Å². The van der Waals surface area contributed by atoms with Crippen LogP contribution in [0.15, 0.2) is 11.8 Å². The van der Waals surface area contributed by atoms with Crippen molar-refractivity contribution in [1.82, 2.24) is 0 Å². The highest BCUT2D eigenvalue weighted by molar-refractivity contribution is 5.01. The molecular formula is C7H16N2. The zero-order valence-electron chi connectivity index (χ0n) is 6.39. The van der Waals surface area contributed by atoms with Gasteiger partial charge in [-0.1, -0.05) is 13.0 Å². The maximum atomic E-state index is 5.60. The van der Waals surface area contributed by atoms with Gasteiger partial charge in [-0.05, 0) is 13.8 Å². The molecule has 0 aromatic heterocycles. The predicted octanol–water partition coefficient (Wildman–Crippen LogP) is 0.832. The molecule has 0 amide bonds. The fourth-order valence-electron chi connectivity index (χ4n) is 0.566. The second-order valence-corrected chi connectivity index (χ2v) is 2.44. The second-order valence-electron chi connectivity index (χ2n) is 2.44. The van der Waals surface area contributed by atoms with Gasteiger partial charge in [-0.3, -0.25) is 0 Å². The molecule has 0 aliphatic carbocycles. The van der Waals surface area contributed by atoms with E-state index in [0.29, 0.717) is 5.92 Å². The van der Waals surface area contributed by atoms with Crippen molar-refractivity contribution >= 4 is 0 Å². The zero-order valence-corrected chi connectivity index (χ0v) is 6.39. The maximum absolute atomic E-state index is 5.60. The van der Waals surface area contributed by atoms with Gasteiger partial charge in [0.1, 0.15) is 0 Å². The molecule has 54 valence electrons. The summed E-state index contributed by atoms with van der Waals surface area (Å²) in [6.07, 6.45) is 1.90. The zero-order chi connectivity index (χ0) is 7.44. The Labute approximate surface area is 56.9 Å². The van der Waals surface area contributed by atoms with Crippen LogP contribution >= 0.6 is 0 Å². The highest BCUT2D eigenvalue weighted by atomic mass is 14.7. The smallest absolute Gasteiger partial charge is 0.0102 e. The molecule has 9 heavy (non-hydrogen) atoms. The van der Waals surface area contributed by atoms with Crippen LogP contribution in [-0.4, -0.2) is 6.04 Å². The molecule has 0 saturated carbocycles. The predicted molar refractivity (Wildman–Crippen MR) is 40.8 cm³/mol. The van der Waals surface area contributed by atoms with Crippen molar-refractivity contribution < 1.29 is 0 Å². The van der Waals surface area contributed by atoms with Gasteiger partial charge in [0.15, 0.2) is 0 Å². The summed E-state index contributed by atoms with van der Waals surface area (Å²) in [6.45, 7) is 5.91. The molecule has 0 rings (SSSR count). The van der Waals surface area contributed by atoms with E-state index in [1.54, 1.807) is 0 Å². The standard InChI is InChI=1S/C7H16N2/c1-4-7(9)5(2)6(3)8/h4-6H,8-9H2,1-3H3/b7-4+/t5?,6-/m0/s1. The van der Waals surface area contributed by atoms with Gasteiger partial charge in [-0.15, -0.1) is 0 Å². The first-order valence-electron chi connectivity index (χ1n) is 3.26. The van der Waals surface area contributed by atoms with Crippen LogP contribution in [0.3, 0.4) is 0 Å². The van der Waals surface area contributed by atoms with Gasteiger partial charge >= 0.3 is 0 Å². The Morgan fingerprint density at radius 2 is 1.89 bits per heavy atom. The van der Waals surface area contributed by atoms with Crippen LogP contribution in [0, 0.1) is 5.92 Å². The van der Waals surface area contributed by atoms with Gasteiger partial charge in [0.25, 0.3) is 0 Å². The summed E-state index contributed by atoms with van der Waals surface area (Å²) >= 11 is 0. The molecule has 0 bridgehead atoms. The number of hydrogen-bond donors (Lipinski definition) is 2. The monoisotopic (exact) mass is 128 g/mol. The SMILES string of the molecule is C/C=C(/N)C(C)[C@H](C)N. The first-order chi connectivity index (χ1) is 4.09. The van der Waals surface area contributed by atoms with Crippen LogP contribution in [-0.2, 0) is 0 Å². The van der Waals surface area contributed by atoms with E-state index in [9.17, 15) is 0 Å². The van der Waals surface area contributed by atoms with E-state index in [-0.39, 0.29) is 6.04 Å². The first kappa shape index (κ1) is 8.50. The molecule has 1 unspecified atom stereocenters. The van der Waals surface area contributed by atoms with Crippen LogP contribution in [0.25, 0.3) is 0 Å². The number of nitrogens with two attached hydrogens (primary N) is 2. The molecule has 0 radical (unpaired) electrons. The Balaban J connectivity index is 3.88. The Hall–Kier alpha value is -0.500. The normalized spacial score (nSPS) is 19.3. The average molecular weight is 128 g/mol. The summed E-state index contributed by atoms with van der Waals surface area (Å²) in [6, 6.07) is 0.154. The van der Waals surface area contributed by atoms with Gasteiger partial charge in [0, 0.05) is 17.7 Å². The van der Waals surface area contributed by atoms with Gasteiger partial charge in [0.05, 0.1) is 0 Å². The Morgan fingerprint density at radius 1 is 1.44 bits per heavy atom. The number of allylic oxidation sites excluding steroid dienone is 1. The highest BCUT2D eigenvalue weighted by Gasteiger charge is 2.07. The van der Waals surface area contributed by atoms with Crippen LogP contribution in [0.2, 0.25) is 0 Å². The molecule has 0 saturated heterocycles. The van der Waals surface area contributed by atoms with Crippen molar-refractivity contribution in [3.05, 3.63) is 11.8 Å². The summed E-state index contributed by atoms with van der Waals surface area (Å²) in [5.74, 6) is 0.301. The fourth-order valence-corrected chi connectivity index (χ4v) is 0.566. The Kier molecular flexibility index (Phi) is 3.32. The first-order valence-corrected chi connectivity index (χ1v) is 3.26. The van der Waals surface area contributed by atoms with Crippen molar-refractivity contribution in [3.63, 3.8) is 0 Å². The largest absolute Gasteiger partial charge is 0.402 e. The van der Waals surface area contributed by atoms with Gasteiger partial charge in [-0.2, -0.15) is 0 Å². The lowest BCUT2D eigenvalue weighted by atomic mass is 10.0. The lowest BCUT2D eigenvalue weighted by Crippen LogP contribution is -2.28. The van der Waals surface area contributed by atoms with Crippen molar-refractivity contribution in [2.75, 3.05) is 0 Å². The van der Waals surface area contributed by atoms with Crippen molar-refractivity contribution in [2.45, 2.75) is 26.8 Å². The van der Waals surface area contributed by atoms with Crippen molar-refractivity contribution in [3.8, 4) is 0 Å². The summed E-state index contributed by atoms with van der Waals surface area (Å²) < 4.78 is 0. The molecule has 0 aromatic rings. The lowest BCUT2D eigenvalue weighted by molar-refractivity contribution is 0.547. The van der Waals surface area contributed by atoms with Crippen LogP contribution in [0.1, 0.15) is 20.8 Å². The van der Waals surface area contributed by atoms with E-state index in [2.05, 4.69) is 0 Å². The molecule has 0 spiro atoms. The van der Waals surface area contributed by atoms with Crippen LogP contribution in [0.5, 0.6) is 0 Å². The summed E-state index contributed by atoms with van der Waals surface area (Å²) in [5, 5.41) is 0. The summed E-state index contributed by atoms with van der Waals surface area (Å²) in [5.41, 5.74) is 12.1. The third-order valence-corrected chi connectivity index (χ3v) is 1.65. The van der Waals surface area contributed by atoms with E-state index in [0.717, 1.165) is 5.70 Å². The highest BCUT2D eigenvalue weighted by Crippen LogP contribution is 2.06. The molecule has 2 atom stereocenters. The molecule has 2 nitrogen and oxygen atoms in total. The van der Waals surface area contributed by atoms with Crippen molar-refractivity contribution in [2.24, 2.45) is 17.4 Å². The molecule has 4 N–H and O–H groups in total. The Morgan fingerprint density at radius 3 is 2.00 bits per heavy atom. The van der Waals surface area contributed by atoms with E-state index in [1.165, 1.54) is 0 Å². The maximum Gasteiger partial charge on any atom is 0.0102 e. The van der Waals surface area contributed by atoms with Gasteiger partial charge < -0.3 is 11.5 Å². The minimum atomic E-state index is 0.154. The number of rotatable bonds is 2. The topological polar surface area (TPSA) is 52.0 Å². The van der Waals surface area contributed by atoms with Crippen molar-refractivity contribution in [1.29, 1.82) is 0 Å². The van der Waals surface area contributed by atoms with E-state index in [1.807, 2.05) is 26.8 Å². The minimum absolute atomic E-state index is 0.154. The summed E-state index contributed by atoms with van der Waals surface area (Å²) in [7, 11) is 0. The third kappa shape index (κ3) is 2.51. The quantitative estimate of drug-likeness (QED) is 0.578. The molecule has 2 heteroatoms. The van der Waals surface area contributed by atoms with Crippen LogP contribution < -0.4 is 11.5 Å². The summed E-state index contributed by atoms with van der Waals surface area (Å²) in [4.78, 5) is 0. The second kappa shape index (κ2) is 3.51. The molecule has 0 aromatic carbocycles. The van der Waals surface area contributed by atoms with Crippen LogP contribution in [0.4, 0.5) is 0 Å². The lowest BCUT2D eigenvalue weighted by Gasteiger charge is -2.14. The third-order valence-electron chi connectivity index (χ3n) is 1.65. The van der Waals surface area contributed by atoms with E-state index < -0.39 is 0 Å². The minimum Gasteiger partial charge on any atom is -0.402 e. The molecule has 0 fully saturated rings. The van der Waals surface area contributed by atoms with E-state index in [4.69, 9.17) is 11.5 Å². The number of hydrogen-bond acceptors (Lipinski definition) is 2. The van der Waals surface area contributed by atoms with E-state index >= 15 is 0 Å². The molecule has 0 heterocycles.